The van der Waals surface area contributed by atoms with Crippen molar-refractivity contribution in [3.05, 3.63) is 65.9 Å². The van der Waals surface area contributed by atoms with E-state index in [1.165, 1.54) is 6.08 Å². The van der Waals surface area contributed by atoms with Gasteiger partial charge in [-0.05, 0) is 55.5 Å². The summed E-state index contributed by atoms with van der Waals surface area (Å²) in [5.74, 6) is 0.516. The van der Waals surface area contributed by atoms with Gasteiger partial charge in [-0.3, -0.25) is 4.79 Å². The fourth-order valence-electron chi connectivity index (χ4n) is 2.53. The van der Waals surface area contributed by atoms with E-state index >= 15 is 0 Å². The largest absolute Gasteiger partial charge is 0.497 e. The zero-order valence-electron chi connectivity index (χ0n) is 15.0. The second kappa shape index (κ2) is 8.23. The van der Waals surface area contributed by atoms with E-state index in [1.807, 2.05) is 24.3 Å². The minimum Gasteiger partial charge on any atom is -0.497 e. The van der Waals surface area contributed by atoms with Crippen molar-refractivity contribution >= 4 is 34.6 Å². The van der Waals surface area contributed by atoms with Crippen molar-refractivity contribution in [1.29, 1.82) is 0 Å². The zero-order chi connectivity index (χ0) is 19.2. The van der Waals surface area contributed by atoms with Crippen molar-refractivity contribution in [3.63, 3.8) is 0 Å². The highest BCUT2D eigenvalue weighted by molar-refractivity contribution is 6.02. The number of methoxy groups -OCH3 is 1. The van der Waals surface area contributed by atoms with Crippen molar-refractivity contribution in [3.8, 4) is 5.75 Å². The number of ether oxygens (including phenoxy) is 2. The number of esters is 1. The van der Waals surface area contributed by atoms with Crippen LogP contribution in [0.5, 0.6) is 5.75 Å². The molecule has 0 spiro atoms. The summed E-state index contributed by atoms with van der Waals surface area (Å²) in [4.78, 5) is 23.9. The summed E-state index contributed by atoms with van der Waals surface area (Å²) in [6.45, 7) is 2.03. The van der Waals surface area contributed by atoms with Crippen LogP contribution in [0.15, 0.2) is 59.0 Å². The van der Waals surface area contributed by atoms with E-state index < -0.39 is 5.97 Å². The Bertz CT molecular complexity index is 1000. The van der Waals surface area contributed by atoms with E-state index in [9.17, 15) is 9.59 Å². The van der Waals surface area contributed by atoms with Crippen LogP contribution in [0.1, 0.15) is 23.0 Å². The van der Waals surface area contributed by atoms with Crippen LogP contribution < -0.4 is 10.1 Å². The third-order valence-electron chi connectivity index (χ3n) is 3.78. The van der Waals surface area contributed by atoms with Gasteiger partial charge in [0.25, 0.3) is 0 Å². The molecule has 0 aliphatic carbocycles. The van der Waals surface area contributed by atoms with E-state index in [1.54, 1.807) is 44.4 Å². The van der Waals surface area contributed by atoms with Gasteiger partial charge in [0.05, 0.1) is 19.3 Å². The zero-order valence-corrected chi connectivity index (χ0v) is 15.0. The molecule has 0 aliphatic heterocycles. The molecular formula is C21H19NO5. The monoisotopic (exact) mass is 365 g/mol. The predicted molar refractivity (Wildman–Crippen MR) is 103 cm³/mol. The molecule has 1 N–H and O–H groups in total. The number of anilines is 1. The minimum absolute atomic E-state index is 0.293. The standard InChI is InChI=1S/C21H19NO5/c1-3-26-21(24)14-5-4-6-16(11-14)22-20(23)10-8-18-13-15-12-17(25-2)7-9-19(15)27-18/h4-13H,3H2,1-2H3,(H,22,23)/b10-8+. The van der Waals surface area contributed by atoms with Crippen LogP contribution in [0, 0.1) is 0 Å². The lowest BCUT2D eigenvalue weighted by molar-refractivity contribution is -0.111. The summed E-state index contributed by atoms with van der Waals surface area (Å²) in [5, 5.41) is 3.59. The molecular weight excluding hydrogens is 346 g/mol. The SMILES string of the molecule is CCOC(=O)c1cccc(NC(=O)/C=C/c2cc3cc(OC)ccc3o2)c1. The topological polar surface area (TPSA) is 77.8 Å². The Morgan fingerprint density at radius 3 is 2.78 bits per heavy atom. The summed E-state index contributed by atoms with van der Waals surface area (Å²) < 4.78 is 15.8. The smallest absolute Gasteiger partial charge is 0.338 e. The van der Waals surface area contributed by atoms with Gasteiger partial charge in [0.15, 0.2) is 0 Å². The number of nitrogens with one attached hydrogen (secondary N) is 1. The first kappa shape index (κ1) is 18.3. The van der Waals surface area contributed by atoms with Gasteiger partial charge in [-0.25, -0.2) is 4.79 Å². The van der Waals surface area contributed by atoms with Crippen molar-refractivity contribution in [2.24, 2.45) is 0 Å². The maximum atomic E-state index is 12.1. The Morgan fingerprint density at radius 2 is 2.00 bits per heavy atom. The van der Waals surface area contributed by atoms with Crippen molar-refractivity contribution in [2.75, 3.05) is 19.0 Å². The van der Waals surface area contributed by atoms with Gasteiger partial charge >= 0.3 is 5.97 Å². The molecule has 0 aliphatic rings. The van der Waals surface area contributed by atoms with Gasteiger partial charge in [0.1, 0.15) is 17.1 Å². The van der Waals surface area contributed by atoms with Gasteiger partial charge in [-0.2, -0.15) is 0 Å². The molecule has 0 atom stereocenters. The lowest BCUT2D eigenvalue weighted by atomic mass is 10.2. The molecule has 6 nitrogen and oxygen atoms in total. The maximum Gasteiger partial charge on any atom is 0.338 e. The Morgan fingerprint density at radius 1 is 1.15 bits per heavy atom. The van der Waals surface area contributed by atoms with Gasteiger partial charge in [-0.1, -0.05) is 6.07 Å². The number of carbonyl (C=O) groups excluding carboxylic acids is 2. The normalized spacial score (nSPS) is 10.9. The number of fused-ring (bicyclic) bond motifs is 1. The van der Waals surface area contributed by atoms with Crippen LogP contribution in [-0.4, -0.2) is 25.6 Å². The quantitative estimate of drug-likeness (QED) is 0.521. The summed E-state index contributed by atoms with van der Waals surface area (Å²) >= 11 is 0. The summed E-state index contributed by atoms with van der Waals surface area (Å²) in [6, 6.07) is 13.9. The number of hydrogen-bond donors (Lipinski definition) is 1. The molecule has 138 valence electrons. The highest BCUT2D eigenvalue weighted by Crippen LogP contribution is 2.24. The fraction of sp³-hybridized carbons (Fsp3) is 0.143. The van der Waals surface area contributed by atoms with Crippen molar-refractivity contribution in [2.45, 2.75) is 6.92 Å². The lowest BCUT2D eigenvalue weighted by Crippen LogP contribution is -2.09. The number of hydrogen-bond acceptors (Lipinski definition) is 5. The molecule has 0 unspecified atom stereocenters. The number of furan rings is 1. The van der Waals surface area contributed by atoms with Crippen LogP contribution in [0.4, 0.5) is 5.69 Å². The van der Waals surface area contributed by atoms with Crippen LogP contribution in [-0.2, 0) is 9.53 Å². The Kier molecular flexibility index (Phi) is 5.56. The van der Waals surface area contributed by atoms with E-state index in [0.717, 1.165) is 11.1 Å². The Hall–Kier alpha value is -3.54. The molecule has 2 aromatic carbocycles. The van der Waals surface area contributed by atoms with Crippen LogP contribution in [0.25, 0.3) is 17.0 Å². The Labute approximate surface area is 156 Å². The first-order chi connectivity index (χ1) is 13.1. The third-order valence-corrected chi connectivity index (χ3v) is 3.78. The second-order valence-corrected chi connectivity index (χ2v) is 5.68. The first-order valence-electron chi connectivity index (χ1n) is 8.43. The average Bonchev–Trinajstić information content (AvgIpc) is 3.08. The van der Waals surface area contributed by atoms with Crippen molar-refractivity contribution in [1.82, 2.24) is 0 Å². The molecule has 1 amide bonds. The molecule has 3 aromatic rings. The lowest BCUT2D eigenvalue weighted by Gasteiger charge is -2.05. The molecule has 3 rings (SSSR count). The number of amides is 1. The molecule has 0 saturated carbocycles. The molecule has 0 saturated heterocycles. The fourth-order valence-corrected chi connectivity index (χ4v) is 2.53. The third kappa shape index (κ3) is 4.55. The maximum absolute atomic E-state index is 12.1. The van der Waals surface area contributed by atoms with Crippen LogP contribution in [0.3, 0.4) is 0 Å². The molecule has 1 heterocycles. The number of rotatable bonds is 6. The summed E-state index contributed by atoms with van der Waals surface area (Å²) in [6.07, 6.45) is 2.95. The van der Waals surface area contributed by atoms with Gasteiger partial charge < -0.3 is 19.2 Å². The van der Waals surface area contributed by atoms with E-state index in [-0.39, 0.29) is 5.91 Å². The van der Waals surface area contributed by atoms with Gasteiger partial charge in [0, 0.05) is 17.1 Å². The molecule has 0 bridgehead atoms. The number of carbonyl (C=O) groups is 2. The van der Waals surface area contributed by atoms with Gasteiger partial charge in [0.2, 0.25) is 5.91 Å². The van der Waals surface area contributed by atoms with E-state index in [4.69, 9.17) is 13.9 Å². The van der Waals surface area contributed by atoms with Crippen LogP contribution >= 0.6 is 0 Å². The Balaban J connectivity index is 1.68. The second-order valence-electron chi connectivity index (χ2n) is 5.68. The minimum atomic E-state index is -0.429. The summed E-state index contributed by atoms with van der Waals surface area (Å²) in [7, 11) is 1.60. The molecule has 0 fully saturated rings. The first-order valence-corrected chi connectivity index (χ1v) is 8.43. The average molecular weight is 365 g/mol. The molecule has 0 radical (unpaired) electrons. The van der Waals surface area contributed by atoms with E-state index in [0.29, 0.717) is 29.2 Å². The molecule has 27 heavy (non-hydrogen) atoms. The van der Waals surface area contributed by atoms with Gasteiger partial charge in [-0.15, -0.1) is 0 Å². The molecule has 1 aromatic heterocycles. The highest BCUT2D eigenvalue weighted by atomic mass is 16.5. The molecule has 6 heteroatoms. The predicted octanol–water partition coefficient (Wildman–Crippen LogP) is 4.27. The van der Waals surface area contributed by atoms with Crippen molar-refractivity contribution < 1.29 is 23.5 Å². The highest BCUT2D eigenvalue weighted by Gasteiger charge is 2.08. The number of benzene rings is 2. The summed E-state index contributed by atoms with van der Waals surface area (Å²) in [5.41, 5.74) is 1.59. The van der Waals surface area contributed by atoms with Crippen LogP contribution in [0.2, 0.25) is 0 Å². The van der Waals surface area contributed by atoms with E-state index in [2.05, 4.69) is 5.32 Å².